The van der Waals surface area contributed by atoms with Gasteiger partial charge in [-0.2, -0.15) is 0 Å². The number of aliphatic hydroxyl groups excluding tert-OH is 1. The number of anilines is 1. The second kappa shape index (κ2) is 6.34. The average molecular weight is 261 g/mol. The molecule has 102 valence electrons. The quantitative estimate of drug-likeness (QED) is 0.795. The van der Waals surface area contributed by atoms with E-state index in [1.807, 2.05) is 6.92 Å². The molecule has 0 saturated carbocycles. The minimum absolute atomic E-state index is 0.127. The molecule has 0 unspecified atom stereocenters. The Labute approximate surface area is 104 Å². The summed E-state index contributed by atoms with van der Waals surface area (Å²) in [6.07, 6.45) is -1.06. The van der Waals surface area contributed by atoms with Crippen LogP contribution in [0.25, 0.3) is 0 Å². The zero-order valence-corrected chi connectivity index (χ0v) is 10.1. The lowest BCUT2D eigenvalue weighted by molar-refractivity contribution is 0.0500. The molecule has 1 aromatic rings. The lowest BCUT2D eigenvalue weighted by atomic mass is 10.3. The fourth-order valence-corrected chi connectivity index (χ4v) is 1.70. The van der Waals surface area contributed by atoms with Crippen molar-refractivity contribution in [2.24, 2.45) is 0 Å². The van der Waals surface area contributed by atoms with Gasteiger partial charge in [-0.1, -0.05) is 0 Å². The van der Waals surface area contributed by atoms with Crippen LogP contribution in [0.2, 0.25) is 0 Å². The highest BCUT2D eigenvalue weighted by Gasteiger charge is 2.22. The topological polar surface area (TPSA) is 71.5 Å². The second-order valence-electron chi connectivity index (χ2n) is 3.81. The van der Waals surface area contributed by atoms with Crippen molar-refractivity contribution in [1.29, 1.82) is 0 Å². The molecule has 7 heteroatoms. The largest absolute Gasteiger partial charge is 0.397 e. The molecule has 0 radical (unpaired) electrons. The molecule has 0 atom stereocenters. The van der Waals surface area contributed by atoms with E-state index in [0.717, 1.165) is 4.90 Å². The van der Waals surface area contributed by atoms with Crippen LogP contribution in [0.4, 0.5) is 14.5 Å². The number of halogens is 2. The fraction of sp³-hybridized carbons (Fsp3) is 0.545. The Kier molecular flexibility index (Phi) is 5.08. The van der Waals surface area contributed by atoms with Crippen LogP contribution in [-0.2, 0) is 6.54 Å². The number of carbonyl (C=O) groups is 1. The van der Waals surface area contributed by atoms with Crippen molar-refractivity contribution < 1.29 is 18.7 Å². The maximum absolute atomic E-state index is 12.4. The molecule has 0 saturated heterocycles. The molecule has 3 N–H and O–H groups in total. The fourth-order valence-electron chi connectivity index (χ4n) is 1.70. The first kappa shape index (κ1) is 14.4. The number of nitrogens with two attached hydrogens (primary N) is 1. The smallest absolute Gasteiger partial charge is 0.270 e. The van der Waals surface area contributed by atoms with Crippen molar-refractivity contribution in [2.45, 2.75) is 19.9 Å². The summed E-state index contributed by atoms with van der Waals surface area (Å²) in [7, 11) is 0. The van der Waals surface area contributed by atoms with Gasteiger partial charge >= 0.3 is 0 Å². The van der Waals surface area contributed by atoms with E-state index < -0.39 is 18.9 Å². The first-order valence-corrected chi connectivity index (χ1v) is 5.63. The summed E-state index contributed by atoms with van der Waals surface area (Å²) in [5.41, 5.74) is 6.24. The van der Waals surface area contributed by atoms with Gasteiger partial charge in [0.25, 0.3) is 12.3 Å². The summed E-state index contributed by atoms with van der Waals surface area (Å²) in [6, 6.07) is 1.45. The van der Waals surface area contributed by atoms with E-state index in [1.54, 1.807) is 10.8 Å². The molecule has 0 bridgehead atoms. The summed E-state index contributed by atoms with van der Waals surface area (Å²) in [5.74, 6) is -0.553. The van der Waals surface area contributed by atoms with Gasteiger partial charge in [-0.3, -0.25) is 4.79 Å². The van der Waals surface area contributed by atoms with Crippen LogP contribution in [0.1, 0.15) is 17.4 Å². The average Bonchev–Trinajstić information content (AvgIpc) is 2.68. The molecule has 1 rings (SSSR count). The highest BCUT2D eigenvalue weighted by molar-refractivity contribution is 5.93. The standard InChI is InChI=1S/C11H17F2N3O2/c1-2-15-6-8(14)5-9(15)11(18)16(3-4-17)7-10(12)13/h5-6,10,17H,2-4,7,14H2,1H3. The van der Waals surface area contributed by atoms with E-state index in [2.05, 4.69) is 0 Å². The van der Waals surface area contributed by atoms with E-state index in [4.69, 9.17) is 10.8 Å². The van der Waals surface area contributed by atoms with Gasteiger partial charge in [0.15, 0.2) is 0 Å². The highest BCUT2D eigenvalue weighted by Crippen LogP contribution is 2.14. The summed E-state index contributed by atoms with van der Waals surface area (Å²) in [5, 5.41) is 8.81. The first-order valence-electron chi connectivity index (χ1n) is 5.63. The van der Waals surface area contributed by atoms with E-state index >= 15 is 0 Å². The van der Waals surface area contributed by atoms with Gasteiger partial charge in [-0.05, 0) is 13.0 Å². The van der Waals surface area contributed by atoms with Crippen LogP contribution in [0.3, 0.4) is 0 Å². The molecule has 0 aliphatic rings. The molecule has 5 nitrogen and oxygen atoms in total. The Morgan fingerprint density at radius 3 is 2.78 bits per heavy atom. The molecule has 0 spiro atoms. The zero-order valence-electron chi connectivity index (χ0n) is 10.1. The van der Waals surface area contributed by atoms with Gasteiger partial charge in [-0.15, -0.1) is 0 Å². The molecular weight excluding hydrogens is 244 g/mol. The normalized spacial score (nSPS) is 10.9. The van der Waals surface area contributed by atoms with Gasteiger partial charge in [0.05, 0.1) is 18.8 Å². The van der Waals surface area contributed by atoms with Crippen molar-refractivity contribution in [3.8, 4) is 0 Å². The predicted molar refractivity (Wildman–Crippen MR) is 63.5 cm³/mol. The zero-order chi connectivity index (χ0) is 13.7. The number of nitrogen functional groups attached to an aromatic ring is 1. The molecular formula is C11H17F2N3O2. The van der Waals surface area contributed by atoms with E-state index in [-0.39, 0.29) is 18.8 Å². The SMILES string of the molecule is CCn1cc(N)cc1C(=O)N(CCO)CC(F)F. The Hall–Kier alpha value is -1.63. The number of amides is 1. The van der Waals surface area contributed by atoms with Crippen LogP contribution in [0.5, 0.6) is 0 Å². The number of hydrogen-bond donors (Lipinski definition) is 2. The summed E-state index contributed by atoms with van der Waals surface area (Å²) in [4.78, 5) is 13.0. The van der Waals surface area contributed by atoms with Crippen molar-refractivity contribution in [1.82, 2.24) is 9.47 Å². The molecule has 0 fully saturated rings. The summed E-state index contributed by atoms with van der Waals surface area (Å²) < 4.78 is 26.3. The number of hydrogen-bond acceptors (Lipinski definition) is 3. The Morgan fingerprint density at radius 2 is 2.28 bits per heavy atom. The lowest BCUT2D eigenvalue weighted by Crippen LogP contribution is -2.38. The number of aromatic nitrogens is 1. The van der Waals surface area contributed by atoms with E-state index in [9.17, 15) is 13.6 Å². The first-order chi connectivity index (χ1) is 8.49. The number of alkyl halides is 2. The third-order valence-corrected chi connectivity index (χ3v) is 2.49. The molecule has 0 aromatic carbocycles. The van der Waals surface area contributed by atoms with Gasteiger partial charge in [0.1, 0.15) is 5.69 Å². The number of aliphatic hydroxyl groups is 1. The number of carbonyl (C=O) groups excluding carboxylic acids is 1. The molecule has 18 heavy (non-hydrogen) atoms. The van der Waals surface area contributed by atoms with E-state index in [0.29, 0.717) is 12.2 Å². The van der Waals surface area contributed by atoms with Crippen molar-refractivity contribution in [3.63, 3.8) is 0 Å². The summed E-state index contributed by atoms with van der Waals surface area (Å²) in [6.45, 7) is 1.15. The number of aryl methyl sites for hydroxylation is 1. The maximum atomic E-state index is 12.4. The molecule has 1 aromatic heterocycles. The number of nitrogens with zero attached hydrogens (tertiary/aromatic N) is 2. The number of rotatable bonds is 6. The molecule has 0 aliphatic carbocycles. The van der Waals surface area contributed by atoms with Crippen molar-refractivity contribution in [3.05, 3.63) is 18.0 Å². The Morgan fingerprint density at radius 1 is 1.61 bits per heavy atom. The lowest BCUT2D eigenvalue weighted by Gasteiger charge is -2.21. The van der Waals surface area contributed by atoms with Gasteiger partial charge in [-0.25, -0.2) is 8.78 Å². The minimum atomic E-state index is -2.64. The third kappa shape index (κ3) is 3.43. The summed E-state index contributed by atoms with van der Waals surface area (Å²) >= 11 is 0. The highest BCUT2D eigenvalue weighted by atomic mass is 19.3. The Balaban J connectivity index is 2.93. The van der Waals surface area contributed by atoms with Crippen LogP contribution in [0, 0.1) is 0 Å². The maximum Gasteiger partial charge on any atom is 0.270 e. The molecule has 1 heterocycles. The minimum Gasteiger partial charge on any atom is -0.397 e. The van der Waals surface area contributed by atoms with Crippen molar-refractivity contribution >= 4 is 11.6 Å². The monoisotopic (exact) mass is 261 g/mol. The van der Waals surface area contributed by atoms with Crippen LogP contribution >= 0.6 is 0 Å². The van der Waals surface area contributed by atoms with Gasteiger partial charge < -0.3 is 20.3 Å². The van der Waals surface area contributed by atoms with Crippen LogP contribution < -0.4 is 5.73 Å². The Bertz CT molecular complexity index is 407. The van der Waals surface area contributed by atoms with Crippen LogP contribution in [-0.4, -0.2) is 46.6 Å². The second-order valence-corrected chi connectivity index (χ2v) is 3.81. The predicted octanol–water partition coefficient (Wildman–Crippen LogP) is 0.790. The van der Waals surface area contributed by atoms with Crippen molar-refractivity contribution in [2.75, 3.05) is 25.4 Å². The third-order valence-electron chi connectivity index (χ3n) is 2.49. The van der Waals surface area contributed by atoms with E-state index in [1.165, 1.54) is 6.07 Å². The van der Waals surface area contributed by atoms with Gasteiger partial charge in [0, 0.05) is 19.3 Å². The molecule has 1 amide bonds. The molecule has 0 aliphatic heterocycles. The van der Waals surface area contributed by atoms with Gasteiger partial charge in [0.2, 0.25) is 0 Å². The van der Waals surface area contributed by atoms with Crippen LogP contribution in [0.15, 0.2) is 12.3 Å².